The van der Waals surface area contributed by atoms with Crippen LogP contribution in [-0.4, -0.2) is 9.97 Å². The highest BCUT2D eigenvalue weighted by atomic mass is 16.1. The van der Waals surface area contributed by atoms with Crippen molar-refractivity contribution < 1.29 is 0 Å². The van der Waals surface area contributed by atoms with Crippen LogP contribution in [0.25, 0.3) is 0 Å². The molecular weight excluding hydrogens is 226 g/mol. The number of aromatic nitrogens is 2. The summed E-state index contributed by atoms with van der Waals surface area (Å²) in [5.41, 5.74) is 2.25. The van der Waals surface area contributed by atoms with Crippen LogP contribution in [0, 0.1) is 0 Å². The van der Waals surface area contributed by atoms with Crippen LogP contribution >= 0.6 is 0 Å². The van der Waals surface area contributed by atoms with Gasteiger partial charge in [0.25, 0.3) is 5.56 Å². The van der Waals surface area contributed by atoms with Crippen LogP contribution in [0.2, 0.25) is 0 Å². The first kappa shape index (κ1) is 12.4. The number of benzene rings is 1. The summed E-state index contributed by atoms with van der Waals surface area (Å²) >= 11 is 0. The van der Waals surface area contributed by atoms with Crippen LogP contribution in [0.15, 0.2) is 41.5 Å². The van der Waals surface area contributed by atoms with Crippen molar-refractivity contribution in [3.05, 3.63) is 58.1 Å². The first-order valence-electron chi connectivity index (χ1n) is 6.03. The predicted octanol–water partition coefficient (Wildman–Crippen LogP) is 2.51. The standard InChI is InChI=1S/C14H17N3O/c1-10(2)12-5-3-11(4-6-12)9-17-13-14(18)16-8-7-15-13/h3-8,10H,9H2,1-2H3,(H,15,17)(H,16,18). The van der Waals surface area contributed by atoms with E-state index in [1.165, 1.54) is 11.8 Å². The maximum Gasteiger partial charge on any atom is 0.290 e. The highest BCUT2D eigenvalue weighted by Crippen LogP contribution is 2.14. The predicted molar refractivity (Wildman–Crippen MR) is 72.7 cm³/mol. The van der Waals surface area contributed by atoms with E-state index in [1.807, 2.05) is 0 Å². The van der Waals surface area contributed by atoms with Gasteiger partial charge >= 0.3 is 0 Å². The third-order valence-electron chi connectivity index (χ3n) is 2.81. The van der Waals surface area contributed by atoms with E-state index in [2.05, 4.69) is 53.4 Å². The van der Waals surface area contributed by atoms with Gasteiger partial charge < -0.3 is 10.3 Å². The molecule has 0 atom stereocenters. The van der Waals surface area contributed by atoms with E-state index < -0.39 is 0 Å². The van der Waals surface area contributed by atoms with Crippen LogP contribution in [0.3, 0.4) is 0 Å². The minimum Gasteiger partial charge on any atom is -0.361 e. The van der Waals surface area contributed by atoms with Gasteiger partial charge in [-0.05, 0) is 17.0 Å². The quantitative estimate of drug-likeness (QED) is 0.867. The molecule has 4 heteroatoms. The van der Waals surface area contributed by atoms with Gasteiger partial charge in [0.2, 0.25) is 0 Å². The zero-order chi connectivity index (χ0) is 13.0. The van der Waals surface area contributed by atoms with Crippen LogP contribution in [0.4, 0.5) is 5.82 Å². The van der Waals surface area contributed by atoms with Crippen LogP contribution in [-0.2, 0) is 6.54 Å². The number of hydrogen-bond donors (Lipinski definition) is 2. The molecule has 0 aliphatic carbocycles. The molecule has 0 saturated carbocycles. The molecule has 1 aromatic heterocycles. The molecule has 94 valence electrons. The molecule has 18 heavy (non-hydrogen) atoms. The molecule has 0 fully saturated rings. The molecule has 2 rings (SSSR count). The molecule has 2 aromatic rings. The largest absolute Gasteiger partial charge is 0.361 e. The zero-order valence-corrected chi connectivity index (χ0v) is 10.6. The molecule has 0 spiro atoms. The topological polar surface area (TPSA) is 57.8 Å². The molecular formula is C14H17N3O. The summed E-state index contributed by atoms with van der Waals surface area (Å²) in [6, 6.07) is 8.37. The maximum absolute atomic E-state index is 11.4. The number of rotatable bonds is 4. The molecule has 1 aromatic carbocycles. The minimum absolute atomic E-state index is 0.198. The zero-order valence-electron chi connectivity index (χ0n) is 10.6. The Kier molecular flexibility index (Phi) is 3.77. The Morgan fingerprint density at radius 2 is 2.00 bits per heavy atom. The molecule has 0 aliphatic rings. The lowest BCUT2D eigenvalue weighted by atomic mass is 10.0. The summed E-state index contributed by atoms with van der Waals surface area (Å²) in [5, 5.41) is 3.02. The second-order valence-corrected chi connectivity index (χ2v) is 4.52. The van der Waals surface area contributed by atoms with E-state index in [9.17, 15) is 4.79 Å². The first-order chi connectivity index (χ1) is 8.66. The number of nitrogens with one attached hydrogen (secondary N) is 2. The monoisotopic (exact) mass is 243 g/mol. The van der Waals surface area contributed by atoms with Gasteiger partial charge in [-0.3, -0.25) is 4.79 Å². The van der Waals surface area contributed by atoms with Gasteiger partial charge in [0.15, 0.2) is 5.82 Å². The lowest BCUT2D eigenvalue weighted by molar-refractivity contribution is 0.865. The van der Waals surface area contributed by atoms with Crippen LogP contribution in [0.1, 0.15) is 30.9 Å². The summed E-state index contributed by atoms with van der Waals surface area (Å²) in [4.78, 5) is 18.0. The Bertz CT molecular complexity index is 558. The second kappa shape index (κ2) is 5.49. The molecule has 1 heterocycles. The fraction of sp³-hybridized carbons (Fsp3) is 0.286. The Hall–Kier alpha value is -2.10. The Morgan fingerprint density at radius 1 is 1.28 bits per heavy atom. The van der Waals surface area contributed by atoms with Crippen molar-refractivity contribution in [2.45, 2.75) is 26.3 Å². The average molecular weight is 243 g/mol. The van der Waals surface area contributed by atoms with E-state index in [0.29, 0.717) is 18.3 Å². The van der Waals surface area contributed by atoms with E-state index >= 15 is 0 Å². The number of anilines is 1. The number of aromatic amines is 1. The Labute approximate surface area is 106 Å². The molecule has 0 aliphatic heterocycles. The highest BCUT2D eigenvalue weighted by Gasteiger charge is 2.01. The summed E-state index contributed by atoms with van der Waals surface area (Å²) < 4.78 is 0. The minimum atomic E-state index is -0.198. The Morgan fingerprint density at radius 3 is 2.61 bits per heavy atom. The van der Waals surface area contributed by atoms with Crippen molar-refractivity contribution in [2.24, 2.45) is 0 Å². The van der Waals surface area contributed by atoms with Crippen LogP contribution < -0.4 is 10.9 Å². The molecule has 0 unspecified atom stereocenters. The van der Waals surface area contributed by atoms with E-state index in [1.54, 1.807) is 6.20 Å². The number of hydrogen-bond acceptors (Lipinski definition) is 3. The summed E-state index contributed by atoms with van der Waals surface area (Å²) in [5.74, 6) is 0.885. The van der Waals surface area contributed by atoms with Gasteiger partial charge in [-0.25, -0.2) is 4.98 Å². The third-order valence-corrected chi connectivity index (χ3v) is 2.81. The molecule has 4 nitrogen and oxygen atoms in total. The van der Waals surface area contributed by atoms with E-state index in [4.69, 9.17) is 0 Å². The molecule has 0 bridgehead atoms. The van der Waals surface area contributed by atoms with Crippen molar-refractivity contribution in [3.63, 3.8) is 0 Å². The molecule has 2 N–H and O–H groups in total. The normalized spacial score (nSPS) is 10.6. The van der Waals surface area contributed by atoms with Gasteiger partial charge in [0.05, 0.1) is 0 Å². The van der Waals surface area contributed by atoms with Crippen LogP contribution in [0.5, 0.6) is 0 Å². The van der Waals surface area contributed by atoms with Gasteiger partial charge in [-0.1, -0.05) is 38.1 Å². The fourth-order valence-electron chi connectivity index (χ4n) is 1.68. The van der Waals surface area contributed by atoms with E-state index in [-0.39, 0.29) is 5.56 Å². The summed E-state index contributed by atoms with van der Waals surface area (Å²) in [7, 11) is 0. The second-order valence-electron chi connectivity index (χ2n) is 4.52. The fourth-order valence-corrected chi connectivity index (χ4v) is 1.68. The average Bonchev–Trinajstić information content (AvgIpc) is 2.38. The van der Waals surface area contributed by atoms with Crippen molar-refractivity contribution in [2.75, 3.05) is 5.32 Å². The molecule has 0 saturated heterocycles. The Balaban J connectivity index is 2.03. The maximum atomic E-state index is 11.4. The van der Waals surface area contributed by atoms with Gasteiger partial charge in [-0.15, -0.1) is 0 Å². The summed E-state index contributed by atoms with van der Waals surface area (Å²) in [6.07, 6.45) is 3.08. The number of H-pyrrole nitrogens is 1. The molecule has 0 amide bonds. The SMILES string of the molecule is CC(C)c1ccc(CNc2ncc[nH]c2=O)cc1. The first-order valence-corrected chi connectivity index (χ1v) is 6.03. The van der Waals surface area contributed by atoms with Gasteiger partial charge in [0.1, 0.15) is 0 Å². The highest BCUT2D eigenvalue weighted by molar-refractivity contribution is 5.33. The molecule has 0 radical (unpaired) electrons. The number of nitrogens with zero attached hydrogens (tertiary/aromatic N) is 1. The smallest absolute Gasteiger partial charge is 0.290 e. The summed E-state index contributed by atoms with van der Waals surface area (Å²) in [6.45, 7) is 4.93. The third kappa shape index (κ3) is 2.97. The lowest BCUT2D eigenvalue weighted by Crippen LogP contribution is -2.15. The van der Waals surface area contributed by atoms with Crippen molar-refractivity contribution >= 4 is 5.82 Å². The van der Waals surface area contributed by atoms with Gasteiger partial charge in [-0.2, -0.15) is 0 Å². The van der Waals surface area contributed by atoms with Crippen molar-refractivity contribution in [3.8, 4) is 0 Å². The van der Waals surface area contributed by atoms with Gasteiger partial charge in [0, 0.05) is 18.9 Å². The van der Waals surface area contributed by atoms with E-state index in [0.717, 1.165) is 5.56 Å². The van der Waals surface area contributed by atoms with Crippen molar-refractivity contribution in [1.29, 1.82) is 0 Å². The van der Waals surface area contributed by atoms with Crippen molar-refractivity contribution in [1.82, 2.24) is 9.97 Å². The lowest BCUT2D eigenvalue weighted by Gasteiger charge is -2.08.